The third-order valence-corrected chi connectivity index (χ3v) is 6.73. The number of nitrogens with one attached hydrogen (secondary N) is 1. The van der Waals surface area contributed by atoms with Crippen molar-refractivity contribution < 1.29 is 9.53 Å². The van der Waals surface area contributed by atoms with E-state index in [1.54, 1.807) is 7.11 Å². The number of rotatable bonds is 4. The average molecular weight is 399 g/mol. The molecule has 5 rings (SSSR count). The van der Waals surface area contributed by atoms with Crippen LogP contribution < -0.4 is 5.73 Å². The van der Waals surface area contributed by atoms with Crippen molar-refractivity contribution in [1.82, 2.24) is 10.2 Å². The minimum atomic E-state index is -0.652. The number of carbonyl (C=O) groups is 1. The summed E-state index contributed by atoms with van der Waals surface area (Å²) in [5, 5.41) is 11.1. The van der Waals surface area contributed by atoms with Gasteiger partial charge in [-0.1, -0.05) is 42.5 Å². The lowest BCUT2D eigenvalue weighted by Gasteiger charge is -2.37. The summed E-state index contributed by atoms with van der Waals surface area (Å²) in [5.41, 5.74) is 9.16. The SMILES string of the molecule is COC1CCC(C(N)=O)(c2ccc3[nH]nc(-c4ccc5ccccc5c4)c3c2)CC1. The predicted octanol–water partition coefficient (Wildman–Crippen LogP) is 4.70. The summed E-state index contributed by atoms with van der Waals surface area (Å²) in [4.78, 5) is 12.6. The number of primary amides is 1. The van der Waals surface area contributed by atoms with Gasteiger partial charge in [-0.05, 0) is 60.2 Å². The van der Waals surface area contributed by atoms with Crippen molar-refractivity contribution in [3.8, 4) is 11.3 Å². The van der Waals surface area contributed by atoms with Crippen LogP contribution >= 0.6 is 0 Å². The van der Waals surface area contributed by atoms with E-state index < -0.39 is 5.41 Å². The fraction of sp³-hybridized carbons (Fsp3) is 0.280. The smallest absolute Gasteiger partial charge is 0.228 e. The van der Waals surface area contributed by atoms with Crippen molar-refractivity contribution in [3.63, 3.8) is 0 Å². The Balaban J connectivity index is 1.61. The first-order valence-electron chi connectivity index (χ1n) is 10.4. The monoisotopic (exact) mass is 399 g/mol. The number of aromatic nitrogens is 2. The number of carbonyl (C=O) groups excluding carboxylic acids is 1. The molecule has 1 heterocycles. The summed E-state index contributed by atoms with van der Waals surface area (Å²) >= 11 is 0. The molecule has 0 aliphatic heterocycles. The zero-order chi connectivity index (χ0) is 20.7. The van der Waals surface area contributed by atoms with Crippen LogP contribution in [-0.2, 0) is 14.9 Å². The van der Waals surface area contributed by atoms with E-state index in [4.69, 9.17) is 10.5 Å². The molecule has 1 amide bonds. The normalized spacial score (nSPS) is 21.8. The highest BCUT2D eigenvalue weighted by Gasteiger charge is 2.42. The quantitative estimate of drug-likeness (QED) is 0.522. The molecule has 30 heavy (non-hydrogen) atoms. The number of hydrogen-bond donors (Lipinski definition) is 2. The first kappa shape index (κ1) is 18.8. The summed E-state index contributed by atoms with van der Waals surface area (Å²) in [6.45, 7) is 0. The second kappa shape index (κ2) is 7.26. The van der Waals surface area contributed by atoms with Crippen LogP contribution in [0.2, 0.25) is 0 Å². The number of ether oxygens (including phenoxy) is 1. The second-order valence-electron chi connectivity index (χ2n) is 8.28. The van der Waals surface area contributed by atoms with Gasteiger partial charge in [0.05, 0.1) is 22.7 Å². The first-order valence-corrected chi connectivity index (χ1v) is 10.4. The Hall–Kier alpha value is -3.18. The van der Waals surface area contributed by atoms with E-state index in [2.05, 4.69) is 46.6 Å². The number of aromatic amines is 1. The summed E-state index contributed by atoms with van der Waals surface area (Å²) < 4.78 is 5.50. The lowest BCUT2D eigenvalue weighted by molar-refractivity contribution is -0.125. The Morgan fingerprint density at radius 2 is 1.83 bits per heavy atom. The maximum Gasteiger partial charge on any atom is 0.228 e. The highest BCUT2D eigenvalue weighted by atomic mass is 16.5. The molecular formula is C25H25N3O2. The van der Waals surface area contributed by atoms with E-state index in [1.807, 2.05) is 24.3 Å². The van der Waals surface area contributed by atoms with Gasteiger partial charge >= 0.3 is 0 Å². The van der Waals surface area contributed by atoms with Crippen LogP contribution in [0.25, 0.3) is 32.9 Å². The fourth-order valence-electron chi connectivity index (χ4n) is 4.87. The van der Waals surface area contributed by atoms with Gasteiger partial charge in [0.1, 0.15) is 0 Å². The van der Waals surface area contributed by atoms with Gasteiger partial charge < -0.3 is 10.5 Å². The summed E-state index contributed by atoms with van der Waals surface area (Å²) in [5.74, 6) is -0.257. The average Bonchev–Trinajstić information content (AvgIpc) is 3.22. The van der Waals surface area contributed by atoms with Crippen molar-refractivity contribution in [2.75, 3.05) is 7.11 Å². The summed E-state index contributed by atoms with van der Waals surface area (Å²) in [6.07, 6.45) is 3.27. The lowest BCUT2D eigenvalue weighted by Crippen LogP contribution is -2.45. The summed E-state index contributed by atoms with van der Waals surface area (Å²) in [7, 11) is 1.73. The molecule has 0 radical (unpaired) electrons. The topological polar surface area (TPSA) is 81.0 Å². The van der Waals surface area contributed by atoms with Crippen LogP contribution in [0.5, 0.6) is 0 Å². The third-order valence-electron chi connectivity index (χ3n) is 6.73. The standard InChI is InChI=1S/C25H25N3O2/c1-30-20-10-12-25(13-11-20,24(26)29)19-8-9-22-21(15-19)23(28-27-22)18-7-6-16-4-2-3-5-17(16)14-18/h2-9,14-15,20H,10-13H2,1H3,(H2,26,29)(H,27,28). The van der Waals surface area contributed by atoms with Crippen LogP contribution in [0.1, 0.15) is 31.2 Å². The molecule has 1 saturated carbocycles. The number of nitrogens with zero attached hydrogens (tertiary/aromatic N) is 1. The molecule has 4 aromatic rings. The zero-order valence-electron chi connectivity index (χ0n) is 17.0. The van der Waals surface area contributed by atoms with Crippen molar-refractivity contribution in [1.29, 1.82) is 0 Å². The molecule has 0 bridgehead atoms. The molecule has 1 aliphatic carbocycles. The Bertz CT molecular complexity index is 1240. The Morgan fingerprint density at radius 3 is 2.57 bits per heavy atom. The van der Waals surface area contributed by atoms with E-state index >= 15 is 0 Å². The molecule has 152 valence electrons. The number of fused-ring (bicyclic) bond motifs is 2. The minimum absolute atomic E-state index is 0.197. The van der Waals surface area contributed by atoms with Gasteiger partial charge in [-0.25, -0.2) is 0 Å². The van der Waals surface area contributed by atoms with Crippen LogP contribution in [0.4, 0.5) is 0 Å². The Labute approximate surface area is 175 Å². The highest BCUT2D eigenvalue weighted by Crippen LogP contribution is 2.42. The molecule has 1 aliphatic rings. The van der Waals surface area contributed by atoms with Crippen LogP contribution in [0.3, 0.4) is 0 Å². The Morgan fingerprint density at radius 1 is 1.07 bits per heavy atom. The largest absolute Gasteiger partial charge is 0.381 e. The van der Waals surface area contributed by atoms with E-state index in [0.29, 0.717) is 12.8 Å². The summed E-state index contributed by atoms with van der Waals surface area (Å²) in [6, 6.07) is 20.8. The number of methoxy groups -OCH3 is 1. The molecule has 0 atom stereocenters. The molecule has 1 aromatic heterocycles. The van der Waals surface area contributed by atoms with Gasteiger partial charge in [-0.15, -0.1) is 0 Å². The third kappa shape index (κ3) is 2.97. The number of nitrogens with two attached hydrogens (primary N) is 1. The van der Waals surface area contributed by atoms with Gasteiger partial charge in [0.2, 0.25) is 5.91 Å². The first-order chi connectivity index (χ1) is 14.6. The Kier molecular flexibility index (Phi) is 4.55. The predicted molar refractivity (Wildman–Crippen MR) is 119 cm³/mol. The zero-order valence-corrected chi connectivity index (χ0v) is 17.0. The molecule has 0 spiro atoms. The van der Waals surface area contributed by atoms with Crippen LogP contribution in [0.15, 0.2) is 60.7 Å². The molecule has 0 saturated heterocycles. The molecule has 0 unspecified atom stereocenters. The van der Waals surface area contributed by atoms with E-state index in [1.165, 1.54) is 10.8 Å². The molecule has 1 fully saturated rings. The van der Waals surface area contributed by atoms with Gasteiger partial charge in [0, 0.05) is 18.1 Å². The molecule has 3 aromatic carbocycles. The number of hydrogen-bond acceptors (Lipinski definition) is 3. The van der Waals surface area contributed by atoms with Crippen molar-refractivity contribution >= 4 is 27.6 Å². The minimum Gasteiger partial charge on any atom is -0.381 e. The van der Waals surface area contributed by atoms with Crippen molar-refractivity contribution in [2.24, 2.45) is 5.73 Å². The maximum atomic E-state index is 12.6. The van der Waals surface area contributed by atoms with E-state index in [9.17, 15) is 4.79 Å². The van der Waals surface area contributed by atoms with Gasteiger partial charge in [-0.3, -0.25) is 9.89 Å². The lowest BCUT2D eigenvalue weighted by atomic mass is 9.68. The number of benzene rings is 3. The fourth-order valence-corrected chi connectivity index (χ4v) is 4.87. The van der Waals surface area contributed by atoms with Crippen molar-refractivity contribution in [2.45, 2.75) is 37.2 Å². The molecule has 5 heteroatoms. The van der Waals surface area contributed by atoms with E-state index in [-0.39, 0.29) is 12.0 Å². The molecular weight excluding hydrogens is 374 g/mol. The van der Waals surface area contributed by atoms with Gasteiger partial charge in [0.25, 0.3) is 0 Å². The molecule has 5 nitrogen and oxygen atoms in total. The van der Waals surface area contributed by atoms with Crippen molar-refractivity contribution in [3.05, 3.63) is 66.2 Å². The second-order valence-corrected chi connectivity index (χ2v) is 8.28. The van der Waals surface area contributed by atoms with Gasteiger partial charge in [0.15, 0.2) is 0 Å². The van der Waals surface area contributed by atoms with Crippen LogP contribution in [0, 0.1) is 0 Å². The van der Waals surface area contributed by atoms with Gasteiger partial charge in [-0.2, -0.15) is 5.10 Å². The van der Waals surface area contributed by atoms with E-state index in [0.717, 1.165) is 40.6 Å². The molecule has 3 N–H and O–H groups in total. The van der Waals surface area contributed by atoms with Crippen LogP contribution in [-0.4, -0.2) is 29.3 Å². The maximum absolute atomic E-state index is 12.6. The number of H-pyrrole nitrogens is 1. The highest BCUT2D eigenvalue weighted by molar-refractivity contribution is 5.97. The number of amides is 1.